The first-order valence-corrected chi connectivity index (χ1v) is 22.1. The summed E-state index contributed by atoms with van der Waals surface area (Å²) < 4.78 is 34.0. The number of carbonyl (C=O) groups excluding carboxylic acids is 2. The van der Waals surface area contributed by atoms with Gasteiger partial charge >= 0.3 is 11.9 Å². The predicted octanol–water partition coefficient (Wildman–Crippen LogP) is 5.60. The fourth-order valence-corrected chi connectivity index (χ4v) is 19.5. The van der Waals surface area contributed by atoms with Crippen LogP contribution in [0, 0.1) is 124 Å². The molecule has 10 saturated carbocycles. The standard InChI is InChI=1S/C45H58O8/c1-48-5-7-50-9-11-52-43(46)45(44(47)53-12-10-51-8-6-49-2)41-25-17-23-15-21-13-19-3-4-20-14-22-16-24-18-26(42(41)45)34-33(25)37-31(23)29(21)35-27(19)28(20)36-30(22)32(24)38(34)40(37)39(35)36/h19-29,31,33-35,37,39-42H,3-18H2,1-2H3/t19-,20+,21+,22+,23+,24+,25-,26+,27+,28-,29+,31-,33+,34-,35?,37-,39?,40?,41+,42-/m0/s1. The summed E-state index contributed by atoms with van der Waals surface area (Å²) in [5.41, 5.74) is 6.69. The summed E-state index contributed by atoms with van der Waals surface area (Å²) in [5.74, 6) is 13.4. The molecule has 0 aromatic carbocycles. The Morgan fingerprint density at radius 3 is 1.77 bits per heavy atom. The van der Waals surface area contributed by atoms with Gasteiger partial charge in [-0.1, -0.05) is 11.1 Å². The minimum Gasteiger partial charge on any atom is -0.462 e. The lowest BCUT2D eigenvalue weighted by atomic mass is 9.46. The van der Waals surface area contributed by atoms with Crippen molar-refractivity contribution in [3.8, 4) is 0 Å². The normalized spacial score (nSPS) is 52.8. The highest BCUT2D eigenvalue weighted by atomic mass is 16.6. The molecule has 13 aliphatic rings. The number of allylic oxidation sites excluding steroid dienone is 4. The van der Waals surface area contributed by atoms with Gasteiger partial charge in [0.25, 0.3) is 0 Å². The highest BCUT2D eigenvalue weighted by Crippen LogP contribution is 2.88. The Labute approximate surface area is 313 Å². The van der Waals surface area contributed by atoms with Gasteiger partial charge in [0.05, 0.1) is 39.6 Å². The smallest absolute Gasteiger partial charge is 0.324 e. The van der Waals surface area contributed by atoms with Crippen LogP contribution in [0.15, 0.2) is 22.3 Å². The van der Waals surface area contributed by atoms with Gasteiger partial charge in [0.2, 0.25) is 0 Å². The van der Waals surface area contributed by atoms with Crippen LogP contribution in [0.5, 0.6) is 0 Å². The molecule has 0 radical (unpaired) electrons. The number of fused-ring (bicyclic) bond motifs is 3. The molecule has 0 bridgehead atoms. The number of ether oxygens (including phenoxy) is 6. The van der Waals surface area contributed by atoms with E-state index >= 15 is 0 Å². The largest absolute Gasteiger partial charge is 0.462 e. The van der Waals surface area contributed by atoms with Gasteiger partial charge in [-0.15, -0.1) is 0 Å². The fraction of sp³-hybridized carbons (Fsp3) is 0.867. The number of esters is 2. The Morgan fingerprint density at radius 2 is 1.08 bits per heavy atom. The van der Waals surface area contributed by atoms with Crippen molar-refractivity contribution in [3.05, 3.63) is 22.3 Å². The van der Waals surface area contributed by atoms with Crippen LogP contribution in [0.4, 0.5) is 0 Å². The van der Waals surface area contributed by atoms with Gasteiger partial charge in [-0.25, -0.2) is 0 Å². The molecule has 8 nitrogen and oxygen atoms in total. The summed E-state index contributed by atoms with van der Waals surface area (Å²) in [5, 5.41) is 0. The maximum Gasteiger partial charge on any atom is 0.324 e. The number of hydrogen-bond acceptors (Lipinski definition) is 8. The van der Waals surface area contributed by atoms with Crippen molar-refractivity contribution in [1.82, 2.24) is 0 Å². The average molecular weight is 727 g/mol. The van der Waals surface area contributed by atoms with Crippen molar-refractivity contribution < 1.29 is 38.0 Å². The number of hydrogen-bond donors (Lipinski definition) is 0. The molecule has 0 aromatic rings. The molecular formula is C45H58O8. The van der Waals surface area contributed by atoms with Crippen molar-refractivity contribution in [2.45, 2.75) is 51.4 Å². The van der Waals surface area contributed by atoms with Crippen LogP contribution in [0.2, 0.25) is 0 Å². The zero-order valence-electron chi connectivity index (χ0n) is 31.6. The third-order valence-electron chi connectivity index (χ3n) is 19.6. The van der Waals surface area contributed by atoms with Crippen LogP contribution >= 0.6 is 0 Å². The monoisotopic (exact) mass is 726 g/mol. The first-order chi connectivity index (χ1) is 26.1. The van der Waals surface area contributed by atoms with Crippen LogP contribution in [0.3, 0.4) is 0 Å². The van der Waals surface area contributed by atoms with E-state index in [0.717, 1.165) is 76.9 Å². The number of methoxy groups -OCH3 is 2. The number of rotatable bonds is 14. The molecule has 0 saturated heterocycles. The molecule has 20 atom stereocenters. The third-order valence-corrected chi connectivity index (χ3v) is 19.6. The molecule has 0 N–H and O–H groups in total. The summed E-state index contributed by atoms with van der Waals surface area (Å²) >= 11 is 0. The zero-order chi connectivity index (χ0) is 35.1. The topological polar surface area (TPSA) is 89.5 Å². The molecule has 286 valence electrons. The minimum absolute atomic E-state index is 0.0260. The first kappa shape index (κ1) is 32.4. The van der Waals surface area contributed by atoms with E-state index in [4.69, 9.17) is 28.4 Å². The van der Waals surface area contributed by atoms with Gasteiger partial charge in [-0.05, 0) is 181 Å². The Morgan fingerprint density at radius 1 is 0.509 bits per heavy atom. The molecule has 13 rings (SSSR count). The van der Waals surface area contributed by atoms with Crippen LogP contribution in [-0.4, -0.2) is 79.0 Å². The molecule has 53 heavy (non-hydrogen) atoms. The third kappa shape index (κ3) is 3.73. The Balaban J connectivity index is 0.913. The molecular weight excluding hydrogens is 668 g/mol. The van der Waals surface area contributed by atoms with Crippen molar-refractivity contribution in [1.29, 1.82) is 0 Å². The minimum atomic E-state index is -1.20. The molecule has 0 aliphatic heterocycles. The summed E-state index contributed by atoms with van der Waals surface area (Å²) in [6, 6.07) is 0. The highest BCUT2D eigenvalue weighted by Gasteiger charge is 2.88. The van der Waals surface area contributed by atoms with E-state index in [1.807, 2.05) is 16.7 Å². The summed E-state index contributed by atoms with van der Waals surface area (Å²) in [6.07, 6.45) is 11.1. The van der Waals surface area contributed by atoms with E-state index in [1.54, 1.807) is 14.2 Å². The van der Waals surface area contributed by atoms with Crippen LogP contribution in [0.1, 0.15) is 51.4 Å². The van der Waals surface area contributed by atoms with Crippen molar-refractivity contribution in [2.24, 2.45) is 124 Å². The van der Waals surface area contributed by atoms with Crippen LogP contribution in [0.25, 0.3) is 0 Å². The first-order valence-electron chi connectivity index (χ1n) is 22.1. The molecule has 8 heteroatoms. The molecule has 3 unspecified atom stereocenters. The second-order valence-electron chi connectivity index (χ2n) is 20.5. The van der Waals surface area contributed by atoms with E-state index in [-0.39, 0.29) is 37.0 Å². The van der Waals surface area contributed by atoms with Gasteiger partial charge in [0.1, 0.15) is 13.2 Å². The van der Waals surface area contributed by atoms with E-state index in [9.17, 15) is 9.59 Å². The molecule has 13 aliphatic carbocycles. The Kier molecular flexibility index (Phi) is 6.85. The second-order valence-corrected chi connectivity index (χ2v) is 20.5. The molecule has 0 aromatic heterocycles. The Bertz CT molecular complexity index is 1670. The number of carbonyl (C=O) groups is 2. The average Bonchev–Trinajstić information content (AvgIpc) is 3.46. The second kappa shape index (κ2) is 11.2. The highest BCUT2D eigenvalue weighted by molar-refractivity contribution is 6.05. The quantitative estimate of drug-likeness (QED) is 0.130. The summed E-state index contributed by atoms with van der Waals surface area (Å²) in [4.78, 5) is 29.6. The van der Waals surface area contributed by atoms with Crippen molar-refractivity contribution in [2.75, 3.05) is 67.1 Å². The van der Waals surface area contributed by atoms with Crippen LogP contribution < -0.4 is 0 Å². The van der Waals surface area contributed by atoms with Gasteiger partial charge in [-0.3, -0.25) is 9.59 Å². The molecule has 0 amide bonds. The fourth-order valence-electron chi connectivity index (χ4n) is 19.5. The lowest BCUT2D eigenvalue weighted by molar-refractivity contribution is -0.169. The van der Waals surface area contributed by atoms with Gasteiger partial charge in [-0.2, -0.15) is 0 Å². The molecule has 0 heterocycles. The van der Waals surface area contributed by atoms with E-state index in [1.165, 1.54) is 51.4 Å². The van der Waals surface area contributed by atoms with Crippen molar-refractivity contribution >= 4 is 11.9 Å². The summed E-state index contributed by atoms with van der Waals surface area (Å²) in [6.45, 7) is 2.84. The van der Waals surface area contributed by atoms with E-state index < -0.39 is 5.41 Å². The predicted molar refractivity (Wildman–Crippen MR) is 191 cm³/mol. The SMILES string of the molecule is COCCOCCOC(=O)C1(C(=O)OCCOCCOC)[C@@H]2[C@H]3C[C@H]4C[C@H]5C[C@@H]6CC[C@@H]7C[C@@H]8C[C@@H]9C[C@H]([C@@H]%10C%11=C9C8=C8C9C([C@H]6[C@@H]87)[C@H]5[C@H]4[C@H](C%119)[C@H]3%10)[C@@H]21. The van der Waals surface area contributed by atoms with E-state index in [0.29, 0.717) is 69.2 Å². The lowest BCUT2D eigenvalue weighted by Crippen LogP contribution is -2.54. The van der Waals surface area contributed by atoms with Crippen molar-refractivity contribution in [3.63, 3.8) is 0 Å². The molecule has 0 spiro atoms. The van der Waals surface area contributed by atoms with Gasteiger partial charge in [0, 0.05) is 14.2 Å². The van der Waals surface area contributed by atoms with Gasteiger partial charge in [0.15, 0.2) is 5.41 Å². The Hall–Kier alpha value is -1.74. The maximum atomic E-state index is 14.8. The lowest BCUT2D eigenvalue weighted by Gasteiger charge is -2.58. The molecule has 10 fully saturated rings. The van der Waals surface area contributed by atoms with Crippen LogP contribution in [-0.2, 0) is 38.0 Å². The van der Waals surface area contributed by atoms with Gasteiger partial charge < -0.3 is 28.4 Å². The zero-order valence-corrected chi connectivity index (χ0v) is 31.6. The maximum absolute atomic E-state index is 14.8. The van der Waals surface area contributed by atoms with E-state index in [2.05, 4.69) is 5.57 Å². The summed E-state index contributed by atoms with van der Waals surface area (Å²) in [7, 11) is 3.31.